The largest absolute Gasteiger partial charge is 0.0622 e. The van der Waals surface area contributed by atoms with Crippen molar-refractivity contribution in [1.29, 1.82) is 0 Å². The summed E-state index contributed by atoms with van der Waals surface area (Å²) in [6.07, 6.45) is 0. The van der Waals surface area contributed by atoms with Gasteiger partial charge in [-0.3, -0.25) is 0 Å². The zero-order valence-corrected chi connectivity index (χ0v) is 30.9. The SMILES string of the molecule is c1ccc(-c2cc(-c3ccccc3)cc(-c3ccc(-c4cccc(C5c6ccccc6-c6cc7c(cc65)C(c5ccccc5)c5ccccc5-7)c4)cc3)c2)cc1. The van der Waals surface area contributed by atoms with Crippen LogP contribution in [0.2, 0.25) is 0 Å². The average molecular weight is 711 g/mol. The van der Waals surface area contributed by atoms with Gasteiger partial charge in [0.2, 0.25) is 0 Å². The lowest BCUT2D eigenvalue weighted by Crippen LogP contribution is -2.03. The van der Waals surface area contributed by atoms with Gasteiger partial charge in [-0.1, -0.05) is 194 Å². The molecule has 0 radical (unpaired) electrons. The van der Waals surface area contributed by atoms with Crippen molar-refractivity contribution in [3.05, 3.63) is 252 Å². The third-order valence-corrected chi connectivity index (χ3v) is 12.0. The van der Waals surface area contributed by atoms with E-state index in [-0.39, 0.29) is 11.8 Å². The summed E-state index contributed by atoms with van der Waals surface area (Å²) in [6, 6.07) is 80.8. The van der Waals surface area contributed by atoms with Gasteiger partial charge in [0, 0.05) is 11.8 Å². The Bertz CT molecular complexity index is 2830. The molecular formula is C56H38. The quantitative estimate of drug-likeness (QED) is 0.161. The van der Waals surface area contributed by atoms with Gasteiger partial charge in [0.25, 0.3) is 0 Å². The molecule has 262 valence electrons. The van der Waals surface area contributed by atoms with Gasteiger partial charge in [-0.2, -0.15) is 0 Å². The topological polar surface area (TPSA) is 0 Å². The summed E-state index contributed by atoms with van der Waals surface area (Å²) in [5, 5.41) is 0. The van der Waals surface area contributed by atoms with Crippen molar-refractivity contribution in [3.63, 3.8) is 0 Å². The van der Waals surface area contributed by atoms with E-state index in [0.717, 1.165) is 0 Å². The Morgan fingerprint density at radius 2 is 0.589 bits per heavy atom. The highest BCUT2D eigenvalue weighted by molar-refractivity contribution is 5.90. The molecule has 0 aliphatic heterocycles. The summed E-state index contributed by atoms with van der Waals surface area (Å²) >= 11 is 0. The first-order valence-electron chi connectivity index (χ1n) is 19.6. The van der Waals surface area contributed by atoms with Gasteiger partial charge >= 0.3 is 0 Å². The summed E-state index contributed by atoms with van der Waals surface area (Å²) < 4.78 is 0. The summed E-state index contributed by atoms with van der Waals surface area (Å²) in [4.78, 5) is 0. The molecule has 9 aromatic carbocycles. The van der Waals surface area contributed by atoms with Crippen molar-refractivity contribution >= 4 is 0 Å². The lowest BCUT2D eigenvalue weighted by Gasteiger charge is -2.19. The van der Waals surface area contributed by atoms with Gasteiger partial charge in [-0.05, 0) is 124 Å². The van der Waals surface area contributed by atoms with Gasteiger partial charge in [-0.15, -0.1) is 0 Å². The first-order valence-corrected chi connectivity index (χ1v) is 19.6. The average Bonchev–Trinajstić information content (AvgIpc) is 3.78. The van der Waals surface area contributed by atoms with Crippen LogP contribution in [0.5, 0.6) is 0 Å². The predicted octanol–water partition coefficient (Wildman–Crippen LogP) is 14.7. The Morgan fingerprint density at radius 1 is 0.196 bits per heavy atom. The van der Waals surface area contributed by atoms with Crippen molar-refractivity contribution in [1.82, 2.24) is 0 Å². The monoisotopic (exact) mass is 710 g/mol. The van der Waals surface area contributed by atoms with Gasteiger partial charge in [0.05, 0.1) is 0 Å². The zero-order chi connectivity index (χ0) is 37.0. The van der Waals surface area contributed by atoms with Crippen molar-refractivity contribution in [2.75, 3.05) is 0 Å². The standard InChI is InChI=1S/C56H38/c1-4-15-37(16-5-1)44-32-45(38-17-6-2-7-18-38)34-46(33-44)40-29-27-39(28-30-40)42-21-14-22-43(31-42)56-50-26-13-11-24-48(50)52-35-51-47-23-10-12-25-49(47)55(53(51)36-54(52)56)41-19-8-3-9-20-41/h1-36,55-56H. The molecule has 2 atom stereocenters. The fourth-order valence-electron chi connectivity index (χ4n) is 9.41. The van der Waals surface area contributed by atoms with Crippen molar-refractivity contribution < 1.29 is 0 Å². The first kappa shape index (κ1) is 32.4. The molecule has 0 saturated carbocycles. The third kappa shape index (κ3) is 5.45. The van der Waals surface area contributed by atoms with Crippen molar-refractivity contribution in [2.24, 2.45) is 0 Å². The van der Waals surface area contributed by atoms with Crippen LogP contribution in [-0.4, -0.2) is 0 Å². The second-order valence-corrected chi connectivity index (χ2v) is 15.2. The lowest BCUT2D eigenvalue weighted by molar-refractivity contribution is 0.982. The molecule has 0 nitrogen and oxygen atoms in total. The molecule has 0 heteroatoms. The molecule has 0 aromatic heterocycles. The highest BCUT2D eigenvalue weighted by atomic mass is 14.4. The fraction of sp³-hybridized carbons (Fsp3) is 0.0357. The Labute approximate surface area is 329 Å². The summed E-state index contributed by atoms with van der Waals surface area (Å²) in [5.41, 5.74) is 23.5. The molecular weight excluding hydrogens is 673 g/mol. The van der Waals surface area contributed by atoms with Gasteiger partial charge in [0.1, 0.15) is 0 Å². The lowest BCUT2D eigenvalue weighted by atomic mass is 9.84. The molecule has 0 heterocycles. The number of hydrogen-bond acceptors (Lipinski definition) is 0. The zero-order valence-electron chi connectivity index (χ0n) is 30.9. The Hall–Kier alpha value is -7.02. The number of fused-ring (bicyclic) bond motifs is 6. The molecule has 0 fully saturated rings. The molecule has 0 spiro atoms. The summed E-state index contributed by atoms with van der Waals surface area (Å²) in [7, 11) is 0. The molecule has 2 unspecified atom stereocenters. The van der Waals surface area contributed by atoms with Crippen LogP contribution in [0, 0.1) is 0 Å². The molecule has 0 N–H and O–H groups in total. The second kappa shape index (κ2) is 13.4. The second-order valence-electron chi connectivity index (χ2n) is 15.2. The van der Waals surface area contributed by atoms with Crippen LogP contribution in [0.3, 0.4) is 0 Å². The molecule has 2 aliphatic carbocycles. The Kier molecular flexibility index (Phi) is 7.74. The van der Waals surface area contributed by atoms with Crippen LogP contribution in [0.15, 0.2) is 218 Å². The van der Waals surface area contributed by atoms with Crippen LogP contribution < -0.4 is 0 Å². The summed E-state index contributed by atoms with van der Waals surface area (Å²) in [5.74, 6) is 0.377. The highest BCUT2D eigenvalue weighted by Crippen LogP contribution is 2.55. The van der Waals surface area contributed by atoms with E-state index >= 15 is 0 Å². The third-order valence-electron chi connectivity index (χ3n) is 12.0. The summed E-state index contributed by atoms with van der Waals surface area (Å²) in [6.45, 7) is 0. The van der Waals surface area contributed by atoms with Crippen LogP contribution in [0.1, 0.15) is 45.2 Å². The minimum Gasteiger partial charge on any atom is -0.0622 e. The van der Waals surface area contributed by atoms with E-state index in [4.69, 9.17) is 0 Å². The van der Waals surface area contributed by atoms with Crippen LogP contribution in [-0.2, 0) is 0 Å². The van der Waals surface area contributed by atoms with Gasteiger partial charge in [-0.25, -0.2) is 0 Å². The normalized spacial score (nSPS) is 14.8. The van der Waals surface area contributed by atoms with E-state index in [9.17, 15) is 0 Å². The number of benzene rings is 9. The molecule has 0 amide bonds. The van der Waals surface area contributed by atoms with E-state index in [1.165, 1.54) is 100 Å². The molecule has 11 rings (SSSR count). The maximum atomic E-state index is 2.54. The van der Waals surface area contributed by atoms with E-state index < -0.39 is 0 Å². The van der Waals surface area contributed by atoms with E-state index in [1.54, 1.807) is 0 Å². The molecule has 0 saturated heterocycles. The van der Waals surface area contributed by atoms with Crippen molar-refractivity contribution in [2.45, 2.75) is 11.8 Å². The minimum atomic E-state index is 0.156. The van der Waals surface area contributed by atoms with Gasteiger partial charge in [0.15, 0.2) is 0 Å². The van der Waals surface area contributed by atoms with Crippen molar-refractivity contribution in [3.8, 4) is 66.8 Å². The van der Waals surface area contributed by atoms with E-state index in [0.29, 0.717) is 0 Å². The molecule has 2 aliphatic rings. The van der Waals surface area contributed by atoms with Crippen LogP contribution in [0.4, 0.5) is 0 Å². The maximum absolute atomic E-state index is 2.54. The van der Waals surface area contributed by atoms with E-state index in [2.05, 4.69) is 218 Å². The fourth-order valence-corrected chi connectivity index (χ4v) is 9.41. The van der Waals surface area contributed by atoms with Crippen LogP contribution >= 0.6 is 0 Å². The Morgan fingerprint density at radius 3 is 1.12 bits per heavy atom. The molecule has 56 heavy (non-hydrogen) atoms. The smallest absolute Gasteiger partial charge is 0.0352 e. The number of rotatable bonds is 6. The van der Waals surface area contributed by atoms with Crippen LogP contribution in [0.25, 0.3) is 66.8 Å². The molecule has 9 aromatic rings. The molecule has 0 bridgehead atoms. The predicted molar refractivity (Wildman–Crippen MR) is 234 cm³/mol. The van der Waals surface area contributed by atoms with Gasteiger partial charge < -0.3 is 0 Å². The van der Waals surface area contributed by atoms with E-state index in [1.807, 2.05) is 0 Å². The Balaban J connectivity index is 0.982. The number of hydrogen-bond donors (Lipinski definition) is 0. The highest BCUT2D eigenvalue weighted by Gasteiger charge is 2.36. The first-order chi connectivity index (χ1) is 27.8. The maximum Gasteiger partial charge on any atom is 0.0352 e. The minimum absolute atomic E-state index is 0.156.